The normalized spacial score (nSPS) is 22.3. The van der Waals surface area contributed by atoms with Gasteiger partial charge in [0, 0.05) is 13.1 Å². The number of carbonyl (C=O) groups is 3. The molecule has 9 heteroatoms. The van der Waals surface area contributed by atoms with Gasteiger partial charge in [0.1, 0.15) is 0 Å². The molecule has 0 bridgehead atoms. The van der Waals surface area contributed by atoms with Gasteiger partial charge < -0.3 is 27.4 Å². The SMILES string of the molecule is NC(N)=NCCC[C@@](N)(Cc1ccccc1)C(=O)C(=O)[C@@H]1CCCN1C(=O)[C@H]1CCCN1. The lowest BCUT2D eigenvalue weighted by Crippen LogP contribution is -2.58. The maximum Gasteiger partial charge on any atom is 0.240 e. The van der Waals surface area contributed by atoms with Crippen molar-refractivity contribution in [2.75, 3.05) is 19.6 Å². The van der Waals surface area contributed by atoms with Crippen LogP contribution in [0.1, 0.15) is 44.1 Å². The van der Waals surface area contributed by atoms with Crippen LogP contribution >= 0.6 is 0 Å². The van der Waals surface area contributed by atoms with Crippen molar-refractivity contribution in [3.8, 4) is 0 Å². The van der Waals surface area contributed by atoms with Gasteiger partial charge in [-0.15, -0.1) is 0 Å². The molecule has 0 unspecified atom stereocenters. The summed E-state index contributed by atoms with van der Waals surface area (Å²) in [6.07, 6.45) is 3.81. The summed E-state index contributed by atoms with van der Waals surface area (Å²) in [7, 11) is 0. The van der Waals surface area contributed by atoms with Crippen LogP contribution in [0.15, 0.2) is 35.3 Å². The summed E-state index contributed by atoms with van der Waals surface area (Å²) in [6.45, 7) is 1.60. The monoisotopic (exact) mass is 442 g/mol. The van der Waals surface area contributed by atoms with E-state index in [1.54, 1.807) is 4.90 Å². The zero-order valence-corrected chi connectivity index (χ0v) is 18.5. The molecule has 1 amide bonds. The van der Waals surface area contributed by atoms with Gasteiger partial charge in [0.25, 0.3) is 0 Å². The number of Topliss-reactive ketones (excluding diaryl/α,β-unsaturated/α-hetero) is 2. The molecular formula is C23H34N6O3. The van der Waals surface area contributed by atoms with Crippen molar-refractivity contribution < 1.29 is 14.4 Å². The van der Waals surface area contributed by atoms with Gasteiger partial charge in [-0.2, -0.15) is 0 Å². The fourth-order valence-corrected chi connectivity index (χ4v) is 4.64. The van der Waals surface area contributed by atoms with Gasteiger partial charge in [0.15, 0.2) is 5.96 Å². The molecule has 0 aromatic heterocycles. The zero-order valence-electron chi connectivity index (χ0n) is 18.5. The standard InChI is InChI=1S/C23H34N6O3/c24-22(25)28-13-6-11-23(26,15-16-7-2-1-3-8-16)20(31)19(30)18-10-5-14-29(18)21(32)17-9-4-12-27-17/h1-3,7-8,17-18,27H,4-6,9-15,26H2,(H4,24,25,28)/t17-,18+,23-/m1/s1. The third-order valence-corrected chi connectivity index (χ3v) is 6.31. The van der Waals surface area contributed by atoms with Crippen molar-refractivity contribution in [1.82, 2.24) is 10.2 Å². The highest BCUT2D eigenvalue weighted by molar-refractivity contribution is 6.42. The second-order valence-electron chi connectivity index (χ2n) is 8.76. The number of hydrogen-bond donors (Lipinski definition) is 4. The average Bonchev–Trinajstić information content (AvgIpc) is 3.48. The Kier molecular flexibility index (Phi) is 7.98. The van der Waals surface area contributed by atoms with Crippen molar-refractivity contribution in [3.63, 3.8) is 0 Å². The van der Waals surface area contributed by atoms with E-state index in [0.717, 1.165) is 24.9 Å². The van der Waals surface area contributed by atoms with Crippen LogP contribution in [0, 0.1) is 0 Å². The minimum absolute atomic E-state index is 0.0290. The van der Waals surface area contributed by atoms with Crippen LogP contribution in [0.2, 0.25) is 0 Å². The van der Waals surface area contributed by atoms with Gasteiger partial charge in [-0.3, -0.25) is 19.4 Å². The molecule has 3 atom stereocenters. The quantitative estimate of drug-likeness (QED) is 0.170. The number of carbonyl (C=O) groups excluding carboxylic acids is 3. The Bertz CT molecular complexity index is 849. The summed E-state index contributed by atoms with van der Waals surface area (Å²) < 4.78 is 0. The molecular weight excluding hydrogens is 408 g/mol. The van der Waals surface area contributed by atoms with Crippen LogP contribution < -0.4 is 22.5 Å². The van der Waals surface area contributed by atoms with E-state index in [1.165, 1.54) is 0 Å². The average molecular weight is 443 g/mol. The summed E-state index contributed by atoms with van der Waals surface area (Å²) in [5.74, 6) is -1.33. The number of benzene rings is 1. The van der Waals surface area contributed by atoms with Gasteiger partial charge in [0.2, 0.25) is 17.5 Å². The van der Waals surface area contributed by atoms with Crippen LogP contribution in [0.5, 0.6) is 0 Å². The molecule has 3 rings (SSSR count). The van der Waals surface area contributed by atoms with Crippen LogP contribution in [0.25, 0.3) is 0 Å². The fourth-order valence-electron chi connectivity index (χ4n) is 4.64. The third kappa shape index (κ3) is 5.72. The lowest BCUT2D eigenvalue weighted by molar-refractivity contribution is -0.146. The molecule has 7 N–H and O–H groups in total. The zero-order chi connectivity index (χ0) is 23.1. The summed E-state index contributed by atoms with van der Waals surface area (Å²) in [6, 6.07) is 8.37. The Morgan fingerprint density at radius 3 is 2.53 bits per heavy atom. The molecule has 2 fully saturated rings. The van der Waals surface area contributed by atoms with Crippen molar-refractivity contribution in [2.45, 2.75) is 62.6 Å². The highest BCUT2D eigenvalue weighted by Crippen LogP contribution is 2.25. The number of guanidine groups is 1. The van der Waals surface area contributed by atoms with E-state index in [0.29, 0.717) is 32.4 Å². The number of ketones is 2. The number of nitrogens with one attached hydrogen (secondary N) is 1. The molecule has 0 radical (unpaired) electrons. The van der Waals surface area contributed by atoms with Gasteiger partial charge in [-0.25, -0.2) is 0 Å². The second kappa shape index (κ2) is 10.7. The molecule has 9 nitrogen and oxygen atoms in total. The first-order valence-electron chi connectivity index (χ1n) is 11.3. The summed E-state index contributed by atoms with van der Waals surface area (Å²) in [5.41, 5.74) is 16.9. The van der Waals surface area contributed by atoms with Gasteiger partial charge in [0.05, 0.1) is 17.6 Å². The number of amides is 1. The molecule has 0 aliphatic carbocycles. The van der Waals surface area contributed by atoms with Crippen molar-refractivity contribution in [2.24, 2.45) is 22.2 Å². The van der Waals surface area contributed by atoms with Crippen LogP contribution in [0.4, 0.5) is 0 Å². The van der Waals surface area contributed by atoms with E-state index in [4.69, 9.17) is 17.2 Å². The number of aliphatic imine (C=N–C) groups is 1. The molecule has 2 saturated heterocycles. The Hall–Kier alpha value is -2.78. The topological polar surface area (TPSA) is 157 Å². The smallest absolute Gasteiger partial charge is 0.240 e. The minimum atomic E-state index is -1.39. The predicted octanol–water partition coefficient (Wildman–Crippen LogP) is -0.139. The molecule has 0 saturated carbocycles. The van der Waals surface area contributed by atoms with Gasteiger partial charge in [-0.05, 0) is 57.1 Å². The largest absolute Gasteiger partial charge is 0.370 e. The second-order valence-corrected chi connectivity index (χ2v) is 8.76. The predicted molar refractivity (Wildman–Crippen MR) is 123 cm³/mol. The van der Waals surface area contributed by atoms with E-state index in [1.807, 2.05) is 30.3 Å². The molecule has 32 heavy (non-hydrogen) atoms. The summed E-state index contributed by atoms with van der Waals surface area (Å²) in [5, 5.41) is 3.18. The maximum absolute atomic E-state index is 13.5. The lowest BCUT2D eigenvalue weighted by atomic mass is 9.80. The molecule has 1 aromatic rings. The Morgan fingerprint density at radius 1 is 1.12 bits per heavy atom. The van der Waals surface area contributed by atoms with Crippen molar-refractivity contribution in [1.29, 1.82) is 0 Å². The number of hydrogen-bond acceptors (Lipinski definition) is 6. The molecule has 2 aliphatic heterocycles. The van der Waals surface area contributed by atoms with Crippen molar-refractivity contribution >= 4 is 23.4 Å². The first kappa shape index (κ1) is 23.9. The Morgan fingerprint density at radius 2 is 1.88 bits per heavy atom. The number of rotatable bonds is 10. The summed E-state index contributed by atoms with van der Waals surface area (Å²) in [4.78, 5) is 45.3. The Balaban J connectivity index is 1.76. The highest BCUT2D eigenvalue weighted by atomic mass is 16.2. The van der Waals surface area contributed by atoms with Crippen LogP contribution in [0.3, 0.4) is 0 Å². The lowest BCUT2D eigenvalue weighted by Gasteiger charge is -2.31. The minimum Gasteiger partial charge on any atom is -0.370 e. The Labute approximate surface area is 188 Å². The van der Waals surface area contributed by atoms with Gasteiger partial charge in [-0.1, -0.05) is 30.3 Å². The molecule has 2 aliphatic rings. The van der Waals surface area contributed by atoms with E-state index >= 15 is 0 Å². The molecule has 0 spiro atoms. The molecule has 1 aromatic carbocycles. The first-order valence-corrected chi connectivity index (χ1v) is 11.3. The fraction of sp³-hybridized carbons (Fsp3) is 0.565. The number of nitrogens with two attached hydrogens (primary N) is 3. The number of nitrogens with zero attached hydrogens (tertiary/aromatic N) is 2. The van der Waals surface area contributed by atoms with E-state index in [-0.39, 0.29) is 30.8 Å². The van der Waals surface area contributed by atoms with E-state index in [2.05, 4.69) is 10.3 Å². The first-order chi connectivity index (χ1) is 15.3. The van der Waals surface area contributed by atoms with E-state index in [9.17, 15) is 14.4 Å². The third-order valence-electron chi connectivity index (χ3n) is 6.31. The summed E-state index contributed by atoms with van der Waals surface area (Å²) >= 11 is 0. The number of likely N-dealkylation sites (tertiary alicyclic amines) is 1. The van der Waals surface area contributed by atoms with Crippen molar-refractivity contribution in [3.05, 3.63) is 35.9 Å². The molecule has 2 heterocycles. The van der Waals surface area contributed by atoms with Gasteiger partial charge >= 0.3 is 0 Å². The highest BCUT2D eigenvalue weighted by Gasteiger charge is 2.45. The van der Waals surface area contributed by atoms with Crippen LogP contribution in [-0.2, 0) is 20.8 Å². The maximum atomic E-state index is 13.5. The van der Waals surface area contributed by atoms with Crippen LogP contribution in [-0.4, -0.2) is 65.6 Å². The van der Waals surface area contributed by atoms with E-state index < -0.39 is 23.1 Å². The molecule has 174 valence electrons.